The monoisotopic (exact) mass is 350 g/mol. The summed E-state index contributed by atoms with van der Waals surface area (Å²) in [5.41, 5.74) is 2.72. The second kappa shape index (κ2) is 8.43. The van der Waals surface area contributed by atoms with Crippen molar-refractivity contribution in [3.05, 3.63) is 113 Å². The van der Waals surface area contributed by atoms with Gasteiger partial charge in [0.1, 0.15) is 24.0 Å². The van der Waals surface area contributed by atoms with Crippen molar-refractivity contribution in [3.8, 4) is 0 Å². The SMILES string of the molecule is C=C(OCc1ccccc1)c1cc(CCc2ccccc2)c(F)cc1F. The lowest BCUT2D eigenvalue weighted by Gasteiger charge is -2.13. The molecule has 0 spiro atoms. The molecule has 0 heterocycles. The van der Waals surface area contributed by atoms with Gasteiger partial charge in [-0.25, -0.2) is 8.78 Å². The first-order valence-corrected chi connectivity index (χ1v) is 8.51. The van der Waals surface area contributed by atoms with E-state index in [9.17, 15) is 8.78 Å². The van der Waals surface area contributed by atoms with Gasteiger partial charge in [-0.3, -0.25) is 0 Å². The lowest BCUT2D eigenvalue weighted by molar-refractivity contribution is 0.263. The molecule has 3 heteroatoms. The van der Waals surface area contributed by atoms with Gasteiger partial charge < -0.3 is 4.74 Å². The Morgan fingerprint density at radius 3 is 2.04 bits per heavy atom. The topological polar surface area (TPSA) is 9.23 Å². The van der Waals surface area contributed by atoms with Gasteiger partial charge in [0.25, 0.3) is 0 Å². The summed E-state index contributed by atoms with van der Waals surface area (Å²) in [6.07, 6.45) is 1.16. The van der Waals surface area contributed by atoms with Gasteiger partial charge >= 0.3 is 0 Å². The van der Waals surface area contributed by atoms with Crippen LogP contribution in [-0.2, 0) is 24.2 Å². The van der Waals surface area contributed by atoms with E-state index in [0.717, 1.165) is 17.2 Å². The highest BCUT2D eigenvalue weighted by atomic mass is 19.1. The van der Waals surface area contributed by atoms with Crippen LogP contribution >= 0.6 is 0 Å². The third kappa shape index (κ3) is 4.57. The smallest absolute Gasteiger partial charge is 0.137 e. The van der Waals surface area contributed by atoms with Gasteiger partial charge in [0, 0.05) is 6.07 Å². The quantitative estimate of drug-likeness (QED) is 0.479. The Morgan fingerprint density at radius 2 is 1.38 bits per heavy atom. The fourth-order valence-electron chi connectivity index (χ4n) is 2.75. The first-order valence-electron chi connectivity index (χ1n) is 8.51. The van der Waals surface area contributed by atoms with Gasteiger partial charge in [-0.1, -0.05) is 67.2 Å². The van der Waals surface area contributed by atoms with Gasteiger partial charge in [0.2, 0.25) is 0 Å². The lowest BCUT2D eigenvalue weighted by Crippen LogP contribution is -2.01. The van der Waals surface area contributed by atoms with Crippen molar-refractivity contribution in [1.82, 2.24) is 0 Å². The van der Waals surface area contributed by atoms with Crippen LogP contribution in [0.5, 0.6) is 0 Å². The summed E-state index contributed by atoms with van der Waals surface area (Å²) < 4.78 is 33.9. The molecular weight excluding hydrogens is 330 g/mol. The fraction of sp³-hybridized carbons (Fsp3) is 0.130. The lowest BCUT2D eigenvalue weighted by atomic mass is 10.0. The van der Waals surface area contributed by atoms with Crippen molar-refractivity contribution >= 4 is 5.76 Å². The van der Waals surface area contributed by atoms with Crippen LogP contribution < -0.4 is 0 Å². The summed E-state index contributed by atoms with van der Waals surface area (Å²) in [6, 6.07) is 21.8. The molecule has 0 atom stereocenters. The van der Waals surface area contributed by atoms with Crippen molar-refractivity contribution in [1.29, 1.82) is 0 Å². The molecule has 1 nitrogen and oxygen atoms in total. The van der Waals surface area contributed by atoms with Crippen LogP contribution in [0.25, 0.3) is 5.76 Å². The summed E-state index contributed by atoms with van der Waals surface area (Å²) >= 11 is 0. The standard InChI is InChI=1S/C23H20F2O/c1-17(26-16-19-10-6-3-7-11-19)21-14-20(22(24)15-23(21)25)13-12-18-8-4-2-5-9-18/h2-11,14-15H,1,12-13,16H2. The van der Waals surface area contributed by atoms with Crippen molar-refractivity contribution in [3.63, 3.8) is 0 Å². The Morgan fingerprint density at radius 1 is 0.769 bits per heavy atom. The molecule has 0 bridgehead atoms. The highest BCUT2D eigenvalue weighted by Crippen LogP contribution is 2.24. The Bertz CT molecular complexity index is 873. The molecule has 26 heavy (non-hydrogen) atoms. The number of rotatable bonds is 7. The van der Waals surface area contributed by atoms with E-state index >= 15 is 0 Å². The van der Waals surface area contributed by atoms with E-state index in [0.29, 0.717) is 18.4 Å². The van der Waals surface area contributed by atoms with Gasteiger partial charge in [0.15, 0.2) is 0 Å². The van der Waals surface area contributed by atoms with Crippen LogP contribution in [0.4, 0.5) is 8.78 Å². The van der Waals surface area contributed by atoms with Crippen LogP contribution in [-0.4, -0.2) is 0 Å². The maximum atomic E-state index is 14.2. The van der Waals surface area contributed by atoms with E-state index in [1.807, 2.05) is 60.7 Å². The van der Waals surface area contributed by atoms with Crippen molar-refractivity contribution in [2.45, 2.75) is 19.4 Å². The van der Waals surface area contributed by atoms with Crippen LogP contribution in [0.15, 0.2) is 79.4 Å². The summed E-state index contributed by atoms with van der Waals surface area (Å²) in [5.74, 6) is -1.01. The molecule has 3 aromatic carbocycles. The fourth-order valence-corrected chi connectivity index (χ4v) is 2.75. The van der Waals surface area contributed by atoms with Crippen LogP contribution in [0.2, 0.25) is 0 Å². The van der Waals surface area contributed by atoms with Crippen LogP contribution in [0, 0.1) is 11.6 Å². The third-order valence-electron chi connectivity index (χ3n) is 4.22. The normalized spacial score (nSPS) is 10.5. The zero-order valence-electron chi connectivity index (χ0n) is 14.4. The molecule has 0 aromatic heterocycles. The Hall–Kier alpha value is -2.94. The Labute approximate surface area is 152 Å². The minimum atomic E-state index is -0.663. The minimum Gasteiger partial charge on any atom is -0.489 e. The van der Waals surface area contributed by atoms with E-state index in [2.05, 4.69) is 6.58 Å². The molecule has 0 aliphatic carbocycles. The third-order valence-corrected chi connectivity index (χ3v) is 4.22. The largest absolute Gasteiger partial charge is 0.489 e. The molecule has 0 fully saturated rings. The molecule has 0 unspecified atom stereocenters. The zero-order chi connectivity index (χ0) is 18.4. The molecule has 0 aliphatic heterocycles. The average Bonchev–Trinajstić information content (AvgIpc) is 2.67. The van der Waals surface area contributed by atoms with Crippen LogP contribution in [0.1, 0.15) is 22.3 Å². The number of hydrogen-bond acceptors (Lipinski definition) is 1. The van der Waals surface area contributed by atoms with Crippen LogP contribution in [0.3, 0.4) is 0 Å². The molecule has 3 rings (SSSR count). The minimum absolute atomic E-state index is 0.199. The van der Waals surface area contributed by atoms with Gasteiger partial charge in [0.05, 0.1) is 5.56 Å². The molecular formula is C23H20F2O. The predicted molar refractivity (Wildman–Crippen MR) is 100 cm³/mol. The Balaban J connectivity index is 1.71. The van der Waals surface area contributed by atoms with E-state index < -0.39 is 11.6 Å². The maximum Gasteiger partial charge on any atom is 0.137 e. The second-order valence-electron chi connectivity index (χ2n) is 6.11. The predicted octanol–water partition coefficient (Wildman–Crippen LogP) is 5.94. The van der Waals surface area contributed by atoms with Crippen molar-refractivity contribution in [2.24, 2.45) is 0 Å². The molecule has 0 saturated heterocycles. The van der Waals surface area contributed by atoms with Crippen molar-refractivity contribution in [2.75, 3.05) is 0 Å². The Kier molecular flexibility index (Phi) is 5.80. The van der Waals surface area contributed by atoms with E-state index in [4.69, 9.17) is 4.74 Å². The number of hydrogen-bond donors (Lipinski definition) is 0. The molecule has 0 amide bonds. The van der Waals surface area contributed by atoms with Crippen molar-refractivity contribution < 1.29 is 13.5 Å². The van der Waals surface area contributed by atoms with E-state index in [1.54, 1.807) is 0 Å². The van der Waals surface area contributed by atoms with Gasteiger partial charge in [-0.2, -0.15) is 0 Å². The number of benzene rings is 3. The number of halogens is 2. The zero-order valence-corrected chi connectivity index (χ0v) is 14.4. The summed E-state index contributed by atoms with van der Waals surface area (Å²) in [4.78, 5) is 0. The molecule has 3 aromatic rings. The molecule has 0 aliphatic rings. The second-order valence-corrected chi connectivity index (χ2v) is 6.11. The summed E-state index contributed by atoms with van der Waals surface area (Å²) in [7, 11) is 0. The number of ether oxygens (including phenoxy) is 1. The van der Waals surface area contributed by atoms with E-state index in [1.165, 1.54) is 6.07 Å². The average molecular weight is 350 g/mol. The molecule has 0 radical (unpaired) electrons. The molecule has 132 valence electrons. The highest BCUT2D eigenvalue weighted by Gasteiger charge is 2.13. The maximum absolute atomic E-state index is 14.2. The molecule has 0 N–H and O–H groups in total. The highest BCUT2D eigenvalue weighted by molar-refractivity contribution is 5.59. The molecule has 0 saturated carbocycles. The first-order chi connectivity index (χ1) is 12.6. The van der Waals surface area contributed by atoms with Gasteiger partial charge in [-0.05, 0) is 35.6 Å². The van der Waals surface area contributed by atoms with E-state index in [-0.39, 0.29) is 17.9 Å². The summed E-state index contributed by atoms with van der Waals surface area (Å²) in [6.45, 7) is 4.09. The first kappa shape index (κ1) is 17.9. The number of aryl methyl sites for hydroxylation is 2. The van der Waals surface area contributed by atoms with Gasteiger partial charge in [-0.15, -0.1) is 0 Å². The summed E-state index contributed by atoms with van der Waals surface area (Å²) in [5, 5.41) is 0.